The number of hydrogen-bond donors (Lipinski definition) is 0. The van der Waals surface area contributed by atoms with Crippen molar-refractivity contribution in [1.82, 2.24) is 0 Å². The molecule has 0 N–H and O–H groups in total. The van der Waals surface area contributed by atoms with Crippen molar-refractivity contribution in [3.05, 3.63) is 37.0 Å². The monoisotopic (exact) mass is 233 g/mol. The molecule has 0 aliphatic rings. The maximum atomic E-state index is 4.57. The SMILES string of the molecule is C=C/C=C/C[N+](=C)C/N=C(/C=C/CC)C(C)C. The van der Waals surface area contributed by atoms with E-state index in [2.05, 4.69) is 51.2 Å². The van der Waals surface area contributed by atoms with E-state index in [1.807, 2.05) is 16.7 Å². The zero-order chi connectivity index (χ0) is 13.1. The molecule has 0 unspecified atom stereocenters. The Morgan fingerprint density at radius 1 is 1.35 bits per heavy atom. The summed E-state index contributed by atoms with van der Waals surface area (Å²) in [6.07, 6.45) is 11.0. The minimum absolute atomic E-state index is 0.454. The first-order valence-electron chi connectivity index (χ1n) is 6.15. The molecule has 0 rings (SSSR count). The lowest BCUT2D eigenvalue weighted by molar-refractivity contribution is -0.507. The van der Waals surface area contributed by atoms with Crippen molar-refractivity contribution >= 4 is 12.4 Å². The zero-order valence-corrected chi connectivity index (χ0v) is 11.4. The molecule has 0 bridgehead atoms. The maximum absolute atomic E-state index is 4.57. The normalized spacial score (nSPS) is 12.8. The Morgan fingerprint density at radius 2 is 2.06 bits per heavy atom. The molecule has 0 radical (unpaired) electrons. The van der Waals surface area contributed by atoms with Gasteiger partial charge in [0.2, 0.25) is 6.67 Å². The largest absolute Gasteiger partial charge is 0.235 e. The van der Waals surface area contributed by atoms with Crippen molar-refractivity contribution in [1.29, 1.82) is 0 Å². The topological polar surface area (TPSA) is 15.4 Å². The lowest BCUT2D eigenvalue weighted by Crippen LogP contribution is -2.13. The van der Waals surface area contributed by atoms with E-state index in [0.29, 0.717) is 12.6 Å². The standard InChI is InChI=1S/C15H25N2/c1-6-8-10-12-17(5)13-16-15(14(3)4)11-9-7-2/h6,8-11,14H,1,5,7,12-13H2,2-4H3/q+1/b10-8+,11-9+,16-15-. The summed E-state index contributed by atoms with van der Waals surface area (Å²) in [7, 11) is 0. The molecule has 2 nitrogen and oxygen atoms in total. The fourth-order valence-electron chi connectivity index (χ4n) is 1.21. The second-order valence-electron chi connectivity index (χ2n) is 4.21. The van der Waals surface area contributed by atoms with Gasteiger partial charge in [-0.05, 0) is 24.5 Å². The van der Waals surface area contributed by atoms with Crippen LogP contribution in [0.3, 0.4) is 0 Å². The Kier molecular flexibility index (Phi) is 8.94. The maximum Gasteiger partial charge on any atom is 0.235 e. The van der Waals surface area contributed by atoms with Crippen LogP contribution >= 0.6 is 0 Å². The van der Waals surface area contributed by atoms with E-state index in [0.717, 1.165) is 18.7 Å². The van der Waals surface area contributed by atoms with E-state index in [1.54, 1.807) is 6.08 Å². The predicted octanol–water partition coefficient (Wildman–Crippen LogP) is 3.46. The van der Waals surface area contributed by atoms with E-state index in [1.165, 1.54) is 0 Å². The molecule has 0 aromatic heterocycles. The Bertz CT molecular complexity index is 320. The van der Waals surface area contributed by atoms with Crippen LogP contribution in [0, 0.1) is 5.92 Å². The second-order valence-corrected chi connectivity index (χ2v) is 4.21. The molecule has 94 valence electrons. The molecule has 0 fully saturated rings. The fourth-order valence-corrected chi connectivity index (χ4v) is 1.21. The highest BCUT2D eigenvalue weighted by molar-refractivity contribution is 5.96. The highest BCUT2D eigenvalue weighted by Crippen LogP contribution is 2.00. The summed E-state index contributed by atoms with van der Waals surface area (Å²) in [6.45, 7) is 15.4. The molecule has 0 heterocycles. The Labute approximate surface area is 106 Å². The molecule has 17 heavy (non-hydrogen) atoms. The van der Waals surface area contributed by atoms with Gasteiger partial charge in [0.05, 0.1) is 0 Å². The van der Waals surface area contributed by atoms with Gasteiger partial charge in [0.15, 0.2) is 6.54 Å². The van der Waals surface area contributed by atoms with Crippen LogP contribution < -0.4 is 0 Å². The Hall–Kier alpha value is -1.44. The predicted molar refractivity (Wildman–Crippen MR) is 78.2 cm³/mol. The van der Waals surface area contributed by atoms with E-state index < -0.39 is 0 Å². The first kappa shape index (κ1) is 15.6. The molecule has 0 spiro atoms. The summed E-state index contributed by atoms with van der Waals surface area (Å²) in [4.78, 5) is 4.57. The van der Waals surface area contributed by atoms with Crippen LogP contribution in [-0.2, 0) is 0 Å². The molecular formula is C15H25N2+. The van der Waals surface area contributed by atoms with Gasteiger partial charge in [0.25, 0.3) is 0 Å². The van der Waals surface area contributed by atoms with Gasteiger partial charge in [0, 0.05) is 5.71 Å². The summed E-state index contributed by atoms with van der Waals surface area (Å²) in [5, 5.41) is 0. The summed E-state index contributed by atoms with van der Waals surface area (Å²) in [5.41, 5.74) is 1.13. The number of hydrogen-bond acceptors (Lipinski definition) is 1. The molecular weight excluding hydrogens is 208 g/mol. The zero-order valence-electron chi connectivity index (χ0n) is 11.4. The summed E-state index contributed by atoms with van der Waals surface area (Å²) in [5.74, 6) is 0.454. The summed E-state index contributed by atoms with van der Waals surface area (Å²) < 4.78 is 1.92. The molecule has 0 aromatic rings. The molecule has 0 aliphatic carbocycles. The number of rotatable bonds is 8. The Balaban J connectivity index is 4.33. The first-order chi connectivity index (χ1) is 8.11. The van der Waals surface area contributed by atoms with Crippen LogP contribution in [0.15, 0.2) is 42.0 Å². The van der Waals surface area contributed by atoms with Gasteiger partial charge in [-0.2, -0.15) is 0 Å². The number of aliphatic imine (C=N–C) groups is 1. The molecule has 0 amide bonds. The molecule has 0 atom stereocenters. The van der Waals surface area contributed by atoms with Gasteiger partial charge < -0.3 is 0 Å². The van der Waals surface area contributed by atoms with Crippen molar-refractivity contribution in [2.75, 3.05) is 13.2 Å². The van der Waals surface area contributed by atoms with Crippen LogP contribution in [0.2, 0.25) is 0 Å². The molecule has 0 saturated carbocycles. The Morgan fingerprint density at radius 3 is 2.59 bits per heavy atom. The van der Waals surface area contributed by atoms with Crippen LogP contribution in [0.1, 0.15) is 27.2 Å². The average Bonchev–Trinajstić information content (AvgIpc) is 2.29. The minimum atomic E-state index is 0.454. The van der Waals surface area contributed by atoms with E-state index in [-0.39, 0.29) is 0 Å². The second kappa shape index (κ2) is 9.76. The quantitative estimate of drug-likeness (QED) is 0.346. The van der Waals surface area contributed by atoms with Gasteiger partial charge in [0.1, 0.15) is 6.72 Å². The summed E-state index contributed by atoms with van der Waals surface area (Å²) >= 11 is 0. The van der Waals surface area contributed by atoms with Gasteiger partial charge >= 0.3 is 0 Å². The fraction of sp³-hybridized carbons (Fsp3) is 0.467. The summed E-state index contributed by atoms with van der Waals surface area (Å²) in [6, 6.07) is 0. The van der Waals surface area contributed by atoms with E-state index in [4.69, 9.17) is 0 Å². The van der Waals surface area contributed by atoms with Crippen LogP contribution in [0.5, 0.6) is 0 Å². The highest BCUT2D eigenvalue weighted by atomic mass is 15.1. The van der Waals surface area contributed by atoms with Crippen LogP contribution in [0.25, 0.3) is 0 Å². The van der Waals surface area contributed by atoms with Crippen LogP contribution in [0.4, 0.5) is 0 Å². The van der Waals surface area contributed by atoms with E-state index in [9.17, 15) is 0 Å². The van der Waals surface area contributed by atoms with Crippen molar-refractivity contribution < 1.29 is 4.58 Å². The third kappa shape index (κ3) is 8.38. The first-order valence-corrected chi connectivity index (χ1v) is 6.15. The number of allylic oxidation sites excluding steroid dienone is 4. The third-order valence-corrected chi connectivity index (χ3v) is 2.20. The van der Waals surface area contributed by atoms with Crippen LogP contribution in [-0.4, -0.2) is 30.2 Å². The lowest BCUT2D eigenvalue weighted by atomic mass is 10.1. The molecule has 2 heteroatoms. The lowest BCUT2D eigenvalue weighted by Gasteiger charge is -2.04. The smallest absolute Gasteiger partial charge is 0.225 e. The van der Waals surface area contributed by atoms with Crippen molar-refractivity contribution in [2.45, 2.75) is 27.2 Å². The third-order valence-electron chi connectivity index (χ3n) is 2.20. The molecule has 0 saturated heterocycles. The average molecular weight is 233 g/mol. The number of nitrogens with zero attached hydrogens (tertiary/aromatic N) is 2. The van der Waals surface area contributed by atoms with Crippen molar-refractivity contribution in [2.24, 2.45) is 10.9 Å². The van der Waals surface area contributed by atoms with Gasteiger partial charge in [-0.15, -0.1) is 0 Å². The van der Waals surface area contributed by atoms with Crippen molar-refractivity contribution in [3.63, 3.8) is 0 Å². The van der Waals surface area contributed by atoms with Gasteiger partial charge in [-0.3, -0.25) is 0 Å². The van der Waals surface area contributed by atoms with Gasteiger partial charge in [-0.25, -0.2) is 9.57 Å². The van der Waals surface area contributed by atoms with Crippen molar-refractivity contribution in [3.8, 4) is 0 Å². The molecule has 0 aliphatic heterocycles. The minimum Gasteiger partial charge on any atom is -0.225 e. The highest BCUT2D eigenvalue weighted by Gasteiger charge is 2.02. The van der Waals surface area contributed by atoms with Gasteiger partial charge in [-0.1, -0.05) is 45.6 Å². The van der Waals surface area contributed by atoms with E-state index >= 15 is 0 Å². The molecule has 0 aromatic carbocycles.